The lowest BCUT2D eigenvalue weighted by Gasteiger charge is -2.23. The van der Waals surface area contributed by atoms with Gasteiger partial charge in [0.15, 0.2) is 0 Å². The minimum atomic E-state index is -0.175. The van der Waals surface area contributed by atoms with E-state index in [-0.39, 0.29) is 24.1 Å². The molecule has 1 amide bonds. The summed E-state index contributed by atoms with van der Waals surface area (Å²) < 4.78 is 1.66. The number of aryl methyl sites for hydroxylation is 1. The van der Waals surface area contributed by atoms with E-state index < -0.39 is 0 Å². The summed E-state index contributed by atoms with van der Waals surface area (Å²) in [6.07, 6.45) is 1.67. The average Bonchev–Trinajstić information content (AvgIpc) is 3.44. The number of aromatic nitrogens is 1. The van der Waals surface area contributed by atoms with E-state index in [0.717, 1.165) is 35.2 Å². The van der Waals surface area contributed by atoms with Crippen LogP contribution in [0.25, 0.3) is 15.9 Å². The Morgan fingerprint density at radius 2 is 1.94 bits per heavy atom. The number of nitrogens with zero attached hydrogens (tertiary/aromatic N) is 2. The molecule has 0 spiro atoms. The number of fused-ring (bicyclic) bond motifs is 1. The van der Waals surface area contributed by atoms with Gasteiger partial charge in [-0.2, -0.15) is 0 Å². The number of nitrogens with one attached hydrogen (secondary N) is 1. The Balaban J connectivity index is 1.72. The number of pyridine rings is 1. The molecule has 1 fully saturated rings. The summed E-state index contributed by atoms with van der Waals surface area (Å²) in [5.74, 6) is -0.116. The van der Waals surface area contributed by atoms with Gasteiger partial charge in [0, 0.05) is 23.7 Å². The molecule has 0 unspecified atom stereocenters. The molecule has 2 aromatic carbocycles. The van der Waals surface area contributed by atoms with Crippen molar-refractivity contribution in [3.05, 3.63) is 87.5 Å². The Kier molecular flexibility index (Phi) is 5.74. The van der Waals surface area contributed by atoms with E-state index in [9.17, 15) is 14.7 Å². The van der Waals surface area contributed by atoms with E-state index in [1.807, 2.05) is 61.5 Å². The topological polar surface area (TPSA) is 74.6 Å². The molecule has 0 saturated carbocycles. The smallest absolute Gasteiger partial charge is 0.266 e. The Bertz CT molecular complexity index is 1380. The lowest BCUT2D eigenvalue weighted by Crippen LogP contribution is -2.37. The molecule has 5 rings (SSSR count). The fourth-order valence-corrected chi connectivity index (χ4v) is 5.70. The van der Waals surface area contributed by atoms with Crippen LogP contribution in [0.5, 0.6) is 0 Å². The summed E-state index contributed by atoms with van der Waals surface area (Å²) >= 11 is 1.32. The van der Waals surface area contributed by atoms with E-state index in [4.69, 9.17) is 0 Å². The van der Waals surface area contributed by atoms with Crippen molar-refractivity contribution in [1.82, 2.24) is 9.47 Å². The maximum atomic E-state index is 13.7. The Hall–Kier alpha value is -3.42. The zero-order valence-electron chi connectivity index (χ0n) is 18.3. The van der Waals surface area contributed by atoms with Crippen LogP contribution in [-0.4, -0.2) is 39.7 Å². The molecule has 1 aliphatic rings. The van der Waals surface area contributed by atoms with Gasteiger partial charge in [0.1, 0.15) is 9.71 Å². The van der Waals surface area contributed by atoms with Gasteiger partial charge in [0.2, 0.25) is 0 Å². The Morgan fingerprint density at radius 3 is 2.70 bits per heavy atom. The zero-order valence-corrected chi connectivity index (χ0v) is 19.1. The quantitative estimate of drug-likeness (QED) is 0.454. The first-order valence-corrected chi connectivity index (χ1v) is 11.9. The molecule has 3 heterocycles. The number of hydrogen-bond donors (Lipinski definition) is 2. The van der Waals surface area contributed by atoms with Crippen LogP contribution >= 0.6 is 11.3 Å². The minimum Gasteiger partial charge on any atom is -0.394 e. The number of likely N-dealkylation sites (tertiary alicyclic amines) is 1. The van der Waals surface area contributed by atoms with Gasteiger partial charge in [-0.25, -0.2) is 0 Å². The Morgan fingerprint density at radius 1 is 1.12 bits per heavy atom. The standard InChI is InChI=1S/C26H25N3O3S/c1-17-7-5-8-18(15-17)27-23-21-12-13-22(31)29(19-9-3-2-4-10-19)26(21)33-24(23)25(32)28-14-6-11-20(28)16-30/h2-5,7-10,12-13,15,20,27,30H,6,11,14,16H2,1H3/t20-/m1/s1. The third-order valence-corrected chi connectivity index (χ3v) is 7.27. The van der Waals surface area contributed by atoms with E-state index in [0.29, 0.717) is 21.9 Å². The molecular formula is C26H25N3O3S. The van der Waals surface area contributed by atoms with Gasteiger partial charge in [-0.3, -0.25) is 14.2 Å². The second-order valence-electron chi connectivity index (χ2n) is 8.34. The third-order valence-electron chi connectivity index (χ3n) is 6.09. The van der Waals surface area contributed by atoms with Crippen molar-refractivity contribution < 1.29 is 9.90 Å². The van der Waals surface area contributed by atoms with Gasteiger partial charge in [-0.05, 0) is 55.7 Å². The first-order valence-electron chi connectivity index (χ1n) is 11.1. The highest BCUT2D eigenvalue weighted by molar-refractivity contribution is 7.21. The van der Waals surface area contributed by atoms with Crippen LogP contribution in [0.3, 0.4) is 0 Å². The number of carbonyl (C=O) groups is 1. The normalized spacial score (nSPS) is 15.8. The summed E-state index contributed by atoms with van der Waals surface area (Å²) in [6, 6.07) is 20.6. The van der Waals surface area contributed by atoms with Crippen LogP contribution in [0.2, 0.25) is 0 Å². The largest absolute Gasteiger partial charge is 0.394 e. The minimum absolute atomic E-state index is 0.0496. The SMILES string of the molecule is Cc1cccc(Nc2c(C(=O)N3CCC[C@@H]3CO)sc3c2ccc(=O)n3-c2ccccc2)c1. The molecule has 4 aromatic rings. The molecule has 0 aliphatic carbocycles. The number of amides is 1. The number of rotatable bonds is 5. The van der Waals surface area contributed by atoms with Crippen molar-refractivity contribution in [3.8, 4) is 5.69 Å². The molecule has 2 N–H and O–H groups in total. The number of aliphatic hydroxyl groups excluding tert-OH is 1. The van der Waals surface area contributed by atoms with Crippen molar-refractivity contribution >= 4 is 38.8 Å². The van der Waals surface area contributed by atoms with Gasteiger partial charge in [-0.15, -0.1) is 11.3 Å². The van der Waals surface area contributed by atoms with Crippen LogP contribution in [0, 0.1) is 6.92 Å². The number of anilines is 2. The summed E-state index contributed by atoms with van der Waals surface area (Å²) in [5, 5.41) is 14.1. The number of thiophene rings is 1. The molecule has 0 radical (unpaired) electrons. The lowest BCUT2D eigenvalue weighted by atomic mass is 10.2. The number of para-hydroxylation sites is 1. The van der Waals surface area contributed by atoms with Crippen LogP contribution in [-0.2, 0) is 0 Å². The highest BCUT2D eigenvalue weighted by Crippen LogP contribution is 2.39. The Labute approximate surface area is 195 Å². The van der Waals surface area contributed by atoms with Gasteiger partial charge >= 0.3 is 0 Å². The second-order valence-corrected chi connectivity index (χ2v) is 9.34. The molecule has 2 aromatic heterocycles. The number of benzene rings is 2. The van der Waals surface area contributed by atoms with Gasteiger partial charge in [0.25, 0.3) is 11.5 Å². The zero-order chi connectivity index (χ0) is 22.9. The first kappa shape index (κ1) is 21.4. The monoisotopic (exact) mass is 459 g/mol. The van der Waals surface area contributed by atoms with Crippen LogP contribution < -0.4 is 10.9 Å². The third kappa shape index (κ3) is 3.94. The van der Waals surface area contributed by atoms with E-state index in [1.54, 1.807) is 21.6 Å². The molecule has 0 bridgehead atoms. The summed E-state index contributed by atoms with van der Waals surface area (Å²) in [7, 11) is 0. The summed E-state index contributed by atoms with van der Waals surface area (Å²) in [6.45, 7) is 2.59. The first-order chi connectivity index (χ1) is 16.1. The molecule has 7 heteroatoms. The van der Waals surface area contributed by atoms with Gasteiger partial charge < -0.3 is 15.3 Å². The molecular weight excluding hydrogens is 434 g/mol. The average molecular weight is 460 g/mol. The van der Waals surface area contributed by atoms with Gasteiger partial charge in [0.05, 0.1) is 24.0 Å². The molecule has 168 valence electrons. The van der Waals surface area contributed by atoms with Crippen LogP contribution in [0.1, 0.15) is 28.1 Å². The fourth-order valence-electron chi connectivity index (χ4n) is 4.47. The molecule has 1 saturated heterocycles. The van der Waals surface area contributed by atoms with Crippen LogP contribution in [0.4, 0.5) is 11.4 Å². The van der Waals surface area contributed by atoms with Crippen molar-refractivity contribution in [3.63, 3.8) is 0 Å². The molecule has 33 heavy (non-hydrogen) atoms. The maximum Gasteiger partial charge on any atom is 0.266 e. The van der Waals surface area contributed by atoms with E-state index in [2.05, 4.69) is 5.32 Å². The van der Waals surface area contributed by atoms with E-state index >= 15 is 0 Å². The van der Waals surface area contributed by atoms with Crippen LogP contribution in [0.15, 0.2) is 71.5 Å². The van der Waals surface area contributed by atoms with Crippen molar-refractivity contribution in [2.45, 2.75) is 25.8 Å². The predicted octanol–water partition coefficient (Wildman–Crippen LogP) is 4.70. The number of carbonyl (C=O) groups excluding carboxylic acids is 1. The lowest BCUT2D eigenvalue weighted by molar-refractivity contribution is 0.0683. The van der Waals surface area contributed by atoms with E-state index in [1.165, 1.54) is 11.3 Å². The van der Waals surface area contributed by atoms with Crippen molar-refractivity contribution in [1.29, 1.82) is 0 Å². The predicted molar refractivity (Wildman–Crippen MR) is 133 cm³/mol. The van der Waals surface area contributed by atoms with Crippen molar-refractivity contribution in [2.75, 3.05) is 18.5 Å². The van der Waals surface area contributed by atoms with Crippen molar-refractivity contribution in [2.24, 2.45) is 0 Å². The second kappa shape index (κ2) is 8.84. The fraction of sp³-hybridized carbons (Fsp3) is 0.231. The highest BCUT2D eigenvalue weighted by Gasteiger charge is 2.32. The molecule has 6 nitrogen and oxygen atoms in total. The number of aliphatic hydroxyl groups is 1. The number of hydrogen-bond acceptors (Lipinski definition) is 5. The summed E-state index contributed by atoms with van der Waals surface area (Å²) in [4.78, 5) is 29.6. The molecule has 1 aliphatic heterocycles. The molecule has 1 atom stereocenters. The highest BCUT2D eigenvalue weighted by atomic mass is 32.1. The maximum absolute atomic E-state index is 13.7. The summed E-state index contributed by atoms with van der Waals surface area (Å²) in [5.41, 5.74) is 3.28. The van der Waals surface area contributed by atoms with Gasteiger partial charge in [-0.1, -0.05) is 30.3 Å².